The molecular weight excluding hydrogens is 280 g/mol. The zero-order valence-corrected chi connectivity index (χ0v) is 12.5. The molecule has 2 fully saturated rings. The lowest BCUT2D eigenvalue weighted by Gasteiger charge is -2.32. The first kappa shape index (κ1) is 13.8. The van der Waals surface area contributed by atoms with Crippen LogP contribution in [-0.2, 0) is 9.53 Å². The van der Waals surface area contributed by atoms with Gasteiger partial charge in [-0.05, 0) is 37.8 Å². The number of aromatic nitrogens is 1. The predicted molar refractivity (Wildman–Crippen MR) is 81.5 cm³/mol. The zero-order valence-electron chi connectivity index (χ0n) is 12.5. The van der Waals surface area contributed by atoms with E-state index in [4.69, 9.17) is 9.15 Å². The number of nitrogens with zero attached hydrogens (tertiary/aromatic N) is 2. The van der Waals surface area contributed by atoms with E-state index < -0.39 is 0 Å². The number of hydrogen-bond donors (Lipinski definition) is 0. The molecule has 2 aliphatic rings. The SMILES string of the molecule is O=C([C@H]1CCCO1)N1CCC(c2nc3ccccc3o2)CC1. The lowest BCUT2D eigenvalue weighted by molar-refractivity contribution is -0.142. The first-order valence-corrected chi connectivity index (χ1v) is 8.07. The van der Waals surface area contributed by atoms with Crippen molar-refractivity contribution >= 4 is 17.0 Å². The van der Waals surface area contributed by atoms with Crippen molar-refractivity contribution in [3.05, 3.63) is 30.2 Å². The van der Waals surface area contributed by atoms with Crippen molar-refractivity contribution in [3.63, 3.8) is 0 Å². The summed E-state index contributed by atoms with van der Waals surface area (Å²) in [5.41, 5.74) is 1.76. The third-order valence-corrected chi connectivity index (χ3v) is 4.67. The Morgan fingerprint density at radius 2 is 2.00 bits per heavy atom. The van der Waals surface area contributed by atoms with Gasteiger partial charge in [0, 0.05) is 25.6 Å². The molecule has 0 radical (unpaired) electrons. The second-order valence-electron chi connectivity index (χ2n) is 6.12. The fourth-order valence-corrected chi connectivity index (χ4v) is 3.39. The number of carbonyl (C=O) groups excluding carboxylic acids is 1. The van der Waals surface area contributed by atoms with Crippen LogP contribution in [0.15, 0.2) is 28.7 Å². The van der Waals surface area contributed by atoms with Gasteiger partial charge in [0.15, 0.2) is 11.5 Å². The van der Waals surface area contributed by atoms with Crippen LogP contribution in [0.4, 0.5) is 0 Å². The Bertz CT molecular complexity index is 634. The summed E-state index contributed by atoms with van der Waals surface area (Å²) < 4.78 is 11.4. The van der Waals surface area contributed by atoms with Gasteiger partial charge in [-0.1, -0.05) is 12.1 Å². The van der Waals surface area contributed by atoms with Gasteiger partial charge in [0.1, 0.15) is 11.6 Å². The maximum Gasteiger partial charge on any atom is 0.251 e. The predicted octanol–water partition coefficient (Wildman–Crippen LogP) is 2.71. The van der Waals surface area contributed by atoms with Gasteiger partial charge in [0.2, 0.25) is 0 Å². The Hall–Kier alpha value is -1.88. The summed E-state index contributed by atoms with van der Waals surface area (Å²) in [6.07, 6.45) is 3.47. The number of rotatable bonds is 2. The molecule has 2 saturated heterocycles. The van der Waals surface area contributed by atoms with Crippen LogP contribution in [0.3, 0.4) is 0 Å². The fraction of sp³-hybridized carbons (Fsp3) is 0.529. The molecule has 3 heterocycles. The maximum absolute atomic E-state index is 12.3. The molecule has 0 unspecified atom stereocenters. The molecule has 0 bridgehead atoms. The summed E-state index contributed by atoms with van der Waals surface area (Å²) in [6.45, 7) is 2.25. The molecule has 22 heavy (non-hydrogen) atoms. The zero-order chi connectivity index (χ0) is 14.9. The van der Waals surface area contributed by atoms with E-state index in [-0.39, 0.29) is 12.0 Å². The molecule has 0 aliphatic carbocycles. The number of benzene rings is 1. The van der Waals surface area contributed by atoms with Crippen molar-refractivity contribution in [2.24, 2.45) is 0 Å². The first-order chi connectivity index (χ1) is 10.8. The topological polar surface area (TPSA) is 55.6 Å². The minimum atomic E-state index is -0.208. The molecule has 2 aliphatic heterocycles. The van der Waals surface area contributed by atoms with Crippen molar-refractivity contribution in [2.45, 2.75) is 37.7 Å². The highest BCUT2D eigenvalue weighted by atomic mass is 16.5. The third kappa shape index (κ3) is 2.50. The Morgan fingerprint density at radius 3 is 2.73 bits per heavy atom. The van der Waals surface area contributed by atoms with E-state index in [9.17, 15) is 4.79 Å². The van der Waals surface area contributed by atoms with Gasteiger partial charge in [-0.25, -0.2) is 4.98 Å². The van der Waals surface area contributed by atoms with Crippen LogP contribution in [0.1, 0.15) is 37.5 Å². The molecule has 0 spiro atoms. The Balaban J connectivity index is 1.41. The molecule has 5 nitrogen and oxygen atoms in total. The molecular formula is C17H20N2O3. The Labute approximate surface area is 129 Å². The normalized spacial score (nSPS) is 23.3. The molecule has 1 amide bonds. The van der Waals surface area contributed by atoms with Crippen LogP contribution in [0.2, 0.25) is 0 Å². The van der Waals surface area contributed by atoms with Crippen LogP contribution >= 0.6 is 0 Å². The number of amides is 1. The Kier molecular flexibility index (Phi) is 3.58. The first-order valence-electron chi connectivity index (χ1n) is 8.07. The molecule has 5 heteroatoms. The molecule has 4 rings (SSSR count). The second kappa shape index (κ2) is 5.72. The van der Waals surface area contributed by atoms with Gasteiger partial charge in [-0.2, -0.15) is 0 Å². The highest BCUT2D eigenvalue weighted by Gasteiger charge is 2.32. The lowest BCUT2D eigenvalue weighted by atomic mass is 9.96. The summed E-state index contributed by atoms with van der Waals surface area (Å²) in [7, 11) is 0. The van der Waals surface area contributed by atoms with E-state index >= 15 is 0 Å². The number of hydrogen-bond acceptors (Lipinski definition) is 4. The largest absolute Gasteiger partial charge is 0.440 e. The van der Waals surface area contributed by atoms with Gasteiger partial charge in [-0.3, -0.25) is 4.79 Å². The molecule has 0 saturated carbocycles. The van der Waals surface area contributed by atoms with Crippen molar-refractivity contribution < 1.29 is 13.9 Å². The number of piperidine rings is 1. The van der Waals surface area contributed by atoms with E-state index in [1.807, 2.05) is 29.2 Å². The second-order valence-corrected chi connectivity index (χ2v) is 6.12. The van der Waals surface area contributed by atoms with E-state index in [1.165, 1.54) is 0 Å². The molecule has 116 valence electrons. The van der Waals surface area contributed by atoms with E-state index in [0.717, 1.165) is 62.4 Å². The Morgan fingerprint density at radius 1 is 1.18 bits per heavy atom. The van der Waals surface area contributed by atoms with Gasteiger partial charge < -0.3 is 14.1 Å². The summed E-state index contributed by atoms with van der Waals surface area (Å²) in [4.78, 5) is 18.9. The van der Waals surface area contributed by atoms with Crippen LogP contribution in [-0.4, -0.2) is 41.6 Å². The van der Waals surface area contributed by atoms with E-state index in [2.05, 4.69) is 4.98 Å². The van der Waals surface area contributed by atoms with Gasteiger partial charge in [-0.15, -0.1) is 0 Å². The van der Waals surface area contributed by atoms with Crippen LogP contribution < -0.4 is 0 Å². The van der Waals surface area contributed by atoms with Crippen LogP contribution in [0.25, 0.3) is 11.1 Å². The van der Waals surface area contributed by atoms with Gasteiger partial charge in [0.05, 0.1) is 0 Å². The smallest absolute Gasteiger partial charge is 0.251 e. The highest BCUT2D eigenvalue weighted by molar-refractivity contribution is 5.81. The number of oxazole rings is 1. The summed E-state index contributed by atoms with van der Waals surface area (Å²) in [5.74, 6) is 1.28. The number of para-hydroxylation sites is 2. The average molecular weight is 300 g/mol. The molecule has 1 aromatic heterocycles. The van der Waals surface area contributed by atoms with E-state index in [0.29, 0.717) is 5.92 Å². The van der Waals surface area contributed by atoms with Crippen molar-refractivity contribution in [2.75, 3.05) is 19.7 Å². The standard InChI is InChI=1S/C17H20N2O3/c20-17(15-6-3-11-21-15)19-9-7-12(8-10-19)16-18-13-4-1-2-5-14(13)22-16/h1-2,4-5,12,15H,3,6-11H2/t15-/m1/s1. The van der Waals surface area contributed by atoms with Crippen molar-refractivity contribution in [1.82, 2.24) is 9.88 Å². The van der Waals surface area contributed by atoms with Crippen LogP contribution in [0.5, 0.6) is 0 Å². The molecule has 0 N–H and O–H groups in total. The molecule has 1 aromatic carbocycles. The number of likely N-dealkylation sites (tertiary alicyclic amines) is 1. The molecule has 1 atom stereocenters. The number of ether oxygens (including phenoxy) is 1. The monoisotopic (exact) mass is 300 g/mol. The minimum absolute atomic E-state index is 0.161. The average Bonchev–Trinajstić information content (AvgIpc) is 3.23. The maximum atomic E-state index is 12.3. The van der Waals surface area contributed by atoms with Crippen molar-refractivity contribution in [1.29, 1.82) is 0 Å². The quantitative estimate of drug-likeness (QED) is 0.855. The summed E-state index contributed by atoms with van der Waals surface area (Å²) in [5, 5.41) is 0. The van der Waals surface area contributed by atoms with Crippen LogP contribution in [0, 0.1) is 0 Å². The lowest BCUT2D eigenvalue weighted by Crippen LogP contribution is -2.43. The highest BCUT2D eigenvalue weighted by Crippen LogP contribution is 2.30. The number of fused-ring (bicyclic) bond motifs is 1. The third-order valence-electron chi connectivity index (χ3n) is 4.67. The van der Waals surface area contributed by atoms with Crippen molar-refractivity contribution in [3.8, 4) is 0 Å². The fourth-order valence-electron chi connectivity index (χ4n) is 3.39. The van der Waals surface area contributed by atoms with Gasteiger partial charge in [0.25, 0.3) is 5.91 Å². The minimum Gasteiger partial charge on any atom is -0.440 e. The summed E-state index contributed by atoms with van der Waals surface area (Å²) >= 11 is 0. The van der Waals surface area contributed by atoms with E-state index in [1.54, 1.807) is 0 Å². The number of carbonyl (C=O) groups is 1. The summed E-state index contributed by atoms with van der Waals surface area (Å²) in [6, 6.07) is 7.85. The molecule has 2 aromatic rings. The van der Waals surface area contributed by atoms with Gasteiger partial charge >= 0.3 is 0 Å².